The van der Waals surface area contributed by atoms with Crippen molar-refractivity contribution >= 4 is 17.7 Å². The number of fused-ring (bicyclic) bond motifs is 3. The Labute approximate surface area is 177 Å². The van der Waals surface area contributed by atoms with Gasteiger partial charge in [-0.2, -0.15) is 0 Å². The fraction of sp³-hybridized carbons (Fsp3) is 0.478. The second-order valence-corrected chi connectivity index (χ2v) is 9.26. The molecule has 0 bridgehead atoms. The van der Waals surface area contributed by atoms with Gasteiger partial charge in [0.15, 0.2) is 0 Å². The Hall–Kier alpha value is -2.96. The van der Waals surface area contributed by atoms with Crippen molar-refractivity contribution in [3.05, 3.63) is 47.3 Å². The molecule has 1 aromatic carbocycles. The molecule has 1 spiro atoms. The number of hydrogen-bond donors (Lipinski definition) is 2. The SMILES string of the molecule is C=C1NC(=O)C2=C(N1)c1ccc(OC)cc1CC21CCN(C(=O)OC(C)(C)C)CC1. The number of likely N-dealkylation sites (tertiary alicyclic amines) is 1. The summed E-state index contributed by atoms with van der Waals surface area (Å²) in [7, 11) is 1.65. The molecule has 0 radical (unpaired) electrons. The van der Waals surface area contributed by atoms with E-state index in [9.17, 15) is 9.59 Å². The van der Waals surface area contributed by atoms with Crippen molar-refractivity contribution in [1.82, 2.24) is 15.5 Å². The summed E-state index contributed by atoms with van der Waals surface area (Å²) in [5.41, 5.74) is 2.83. The molecule has 1 aliphatic carbocycles. The highest BCUT2D eigenvalue weighted by Gasteiger charge is 2.48. The van der Waals surface area contributed by atoms with Crippen LogP contribution in [0.15, 0.2) is 36.2 Å². The number of hydrogen-bond acceptors (Lipinski definition) is 5. The molecule has 7 heteroatoms. The van der Waals surface area contributed by atoms with Gasteiger partial charge in [0.05, 0.1) is 12.8 Å². The Bertz CT molecular complexity index is 950. The number of rotatable bonds is 1. The first-order valence-corrected chi connectivity index (χ1v) is 10.3. The zero-order chi connectivity index (χ0) is 21.7. The zero-order valence-electron chi connectivity index (χ0n) is 18.1. The highest BCUT2D eigenvalue weighted by Crippen LogP contribution is 2.50. The van der Waals surface area contributed by atoms with Crippen LogP contribution in [-0.4, -0.2) is 42.7 Å². The van der Waals surface area contributed by atoms with E-state index in [0.29, 0.717) is 31.8 Å². The number of carbonyl (C=O) groups is 2. The lowest BCUT2D eigenvalue weighted by molar-refractivity contribution is -0.118. The molecule has 1 saturated heterocycles. The average molecular weight is 412 g/mol. The Morgan fingerprint density at radius 2 is 1.90 bits per heavy atom. The summed E-state index contributed by atoms with van der Waals surface area (Å²) in [6, 6.07) is 5.94. The van der Waals surface area contributed by atoms with E-state index in [2.05, 4.69) is 17.2 Å². The molecule has 1 aromatic rings. The molecule has 160 valence electrons. The predicted octanol–water partition coefficient (Wildman–Crippen LogP) is 3.17. The third kappa shape index (κ3) is 3.53. The van der Waals surface area contributed by atoms with Gasteiger partial charge in [0.25, 0.3) is 5.91 Å². The number of methoxy groups -OCH3 is 1. The van der Waals surface area contributed by atoms with E-state index < -0.39 is 5.60 Å². The molecule has 1 fully saturated rings. The highest BCUT2D eigenvalue weighted by atomic mass is 16.6. The zero-order valence-corrected chi connectivity index (χ0v) is 18.1. The molecule has 2 heterocycles. The van der Waals surface area contributed by atoms with Gasteiger partial charge in [-0.15, -0.1) is 0 Å². The van der Waals surface area contributed by atoms with Gasteiger partial charge in [0.1, 0.15) is 17.2 Å². The smallest absolute Gasteiger partial charge is 0.410 e. The molecule has 0 atom stereocenters. The van der Waals surface area contributed by atoms with Crippen molar-refractivity contribution < 1.29 is 19.1 Å². The van der Waals surface area contributed by atoms with E-state index in [0.717, 1.165) is 34.6 Å². The minimum absolute atomic E-state index is 0.110. The van der Waals surface area contributed by atoms with Crippen LogP contribution < -0.4 is 15.4 Å². The van der Waals surface area contributed by atoms with E-state index in [1.807, 2.05) is 39.0 Å². The van der Waals surface area contributed by atoms with Gasteiger partial charge in [-0.1, -0.05) is 6.58 Å². The van der Waals surface area contributed by atoms with E-state index >= 15 is 0 Å². The van der Waals surface area contributed by atoms with E-state index in [1.54, 1.807) is 12.0 Å². The maximum Gasteiger partial charge on any atom is 0.410 e. The molecule has 7 nitrogen and oxygen atoms in total. The summed E-state index contributed by atoms with van der Waals surface area (Å²) in [4.78, 5) is 27.3. The van der Waals surface area contributed by atoms with Crippen LogP contribution in [0.25, 0.3) is 5.70 Å². The monoisotopic (exact) mass is 411 g/mol. The minimum Gasteiger partial charge on any atom is -0.497 e. The molecular weight excluding hydrogens is 382 g/mol. The summed E-state index contributed by atoms with van der Waals surface area (Å²) in [5, 5.41) is 6.12. The molecule has 0 saturated carbocycles. The minimum atomic E-state index is -0.532. The Morgan fingerprint density at radius 1 is 1.20 bits per heavy atom. The van der Waals surface area contributed by atoms with Gasteiger partial charge in [0.2, 0.25) is 0 Å². The van der Waals surface area contributed by atoms with Crippen molar-refractivity contribution in [2.45, 2.75) is 45.6 Å². The lowest BCUT2D eigenvalue weighted by Gasteiger charge is -2.47. The highest BCUT2D eigenvalue weighted by molar-refractivity contribution is 6.06. The van der Waals surface area contributed by atoms with Gasteiger partial charge in [-0.3, -0.25) is 4.79 Å². The number of amides is 2. The van der Waals surface area contributed by atoms with Crippen molar-refractivity contribution in [2.75, 3.05) is 20.2 Å². The average Bonchev–Trinajstić information content (AvgIpc) is 2.66. The van der Waals surface area contributed by atoms with Gasteiger partial charge in [0, 0.05) is 29.6 Å². The molecule has 3 aliphatic rings. The van der Waals surface area contributed by atoms with Crippen LogP contribution in [0.2, 0.25) is 0 Å². The molecule has 2 amide bonds. The van der Waals surface area contributed by atoms with Gasteiger partial charge in [-0.25, -0.2) is 4.79 Å². The van der Waals surface area contributed by atoms with E-state index in [1.165, 1.54) is 0 Å². The number of piperidine rings is 1. The van der Waals surface area contributed by atoms with Crippen LogP contribution in [0, 0.1) is 5.41 Å². The summed E-state index contributed by atoms with van der Waals surface area (Å²) in [5.74, 6) is 1.16. The maximum atomic E-state index is 13.0. The van der Waals surface area contributed by atoms with Crippen LogP contribution in [0.5, 0.6) is 5.75 Å². The number of carbonyl (C=O) groups excluding carboxylic acids is 2. The fourth-order valence-corrected chi connectivity index (χ4v) is 4.68. The van der Waals surface area contributed by atoms with Crippen LogP contribution in [-0.2, 0) is 16.0 Å². The lowest BCUT2D eigenvalue weighted by Crippen LogP contribution is -2.52. The number of nitrogens with one attached hydrogen (secondary N) is 2. The van der Waals surface area contributed by atoms with Crippen LogP contribution in [0.1, 0.15) is 44.7 Å². The molecule has 2 N–H and O–H groups in total. The second kappa shape index (κ2) is 7.07. The van der Waals surface area contributed by atoms with Crippen LogP contribution >= 0.6 is 0 Å². The molecule has 30 heavy (non-hydrogen) atoms. The number of ether oxygens (including phenoxy) is 2. The third-order valence-electron chi connectivity index (χ3n) is 6.03. The molecule has 4 rings (SSSR count). The normalized spacial score (nSPS) is 20.2. The van der Waals surface area contributed by atoms with Gasteiger partial charge >= 0.3 is 6.09 Å². The molecular formula is C23H29N3O4. The van der Waals surface area contributed by atoms with Crippen molar-refractivity contribution in [1.29, 1.82) is 0 Å². The van der Waals surface area contributed by atoms with E-state index in [4.69, 9.17) is 9.47 Å². The second-order valence-electron chi connectivity index (χ2n) is 9.26. The molecule has 0 aromatic heterocycles. The first-order valence-electron chi connectivity index (χ1n) is 10.3. The van der Waals surface area contributed by atoms with Crippen LogP contribution in [0.3, 0.4) is 0 Å². The first-order chi connectivity index (χ1) is 14.1. The maximum absolute atomic E-state index is 13.0. The lowest BCUT2D eigenvalue weighted by atomic mass is 9.63. The van der Waals surface area contributed by atoms with Crippen LogP contribution in [0.4, 0.5) is 4.79 Å². The molecule has 2 aliphatic heterocycles. The van der Waals surface area contributed by atoms with Gasteiger partial charge < -0.3 is 25.0 Å². The van der Waals surface area contributed by atoms with Gasteiger partial charge in [-0.05, 0) is 63.8 Å². The predicted molar refractivity (Wildman–Crippen MR) is 114 cm³/mol. The molecule has 0 unspecified atom stereocenters. The Kier molecular flexibility index (Phi) is 4.79. The van der Waals surface area contributed by atoms with Crippen molar-refractivity contribution in [3.63, 3.8) is 0 Å². The standard InChI is InChI=1S/C23H29N3O4/c1-14-24-19-17-7-6-16(29-5)12-15(17)13-23(18(19)20(27)25-14)8-10-26(11-9-23)21(28)30-22(2,3)4/h6-7,12,24H,1,8-11,13H2,2-5H3,(H,25,27). The summed E-state index contributed by atoms with van der Waals surface area (Å²) in [6.45, 7) is 10.6. The van der Waals surface area contributed by atoms with Crippen molar-refractivity contribution in [2.24, 2.45) is 5.41 Å². The Morgan fingerprint density at radius 3 is 2.53 bits per heavy atom. The summed E-state index contributed by atoms with van der Waals surface area (Å²) < 4.78 is 11.0. The largest absolute Gasteiger partial charge is 0.497 e. The van der Waals surface area contributed by atoms with E-state index in [-0.39, 0.29) is 17.4 Å². The Balaban J connectivity index is 1.68. The third-order valence-corrected chi connectivity index (χ3v) is 6.03. The van der Waals surface area contributed by atoms with Crippen molar-refractivity contribution in [3.8, 4) is 5.75 Å². The summed E-state index contributed by atoms with van der Waals surface area (Å²) >= 11 is 0. The topological polar surface area (TPSA) is 79.9 Å². The fourth-order valence-electron chi connectivity index (χ4n) is 4.68. The summed E-state index contributed by atoms with van der Waals surface area (Å²) in [6.07, 6.45) is 1.79. The number of benzene rings is 1. The number of nitrogens with zero attached hydrogens (tertiary/aromatic N) is 1. The quantitative estimate of drug-likeness (QED) is 0.742. The first kappa shape index (κ1) is 20.3.